The molecule has 3 unspecified atom stereocenters. The molecule has 0 amide bonds. The van der Waals surface area contributed by atoms with Crippen LogP contribution in [0.15, 0.2) is 22.8 Å². The third-order valence-corrected chi connectivity index (χ3v) is 5.05. The highest BCUT2D eigenvalue weighted by Crippen LogP contribution is 2.38. The van der Waals surface area contributed by atoms with Crippen molar-refractivity contribution < 1.29 is 4.74 Å². The van der Waals surface area contributed by atoms with Crippen molar-refractivity contribution >= 4 is 15.9 Å². The SMILES string of the molecule is CNC(Cc1ccc(Br)cn1)C1(OC)CCCC(C)C1. The fourth-order valence-electron chi connectivity index (χ4n) is 3.48. The van der Waals surface area contributed by atoms with E-state index in [0.29, 0.717) is 6.04 Å². The van der Waals surface area contributed by atoms with Gasteiger partial charge in [0.25, 0.3) is 0 Å². The second kappa shape index (κ2) is 7.01. The summed E-state index contributed by atoms with van der Waals surface area (Å²) in [4.78, 5) is 4.50. The summed E-state index contributed by atoms with van der Waals surface area (Å²) in [6.45, 7) is 2.33. The van der Waals surface area contributed by atoms with E-state index in [1.165, 1.54) is 12.8 Å². The molecule has 3 nitrogen and oxygen atoms in total. The van der Waals surface area contributed by atoms with Crippen LogP contribution in [0.25, 0.3) is 0 Å². The summed E-state index contributed by atoms with van der Waals surface area (Å²) in [5, 5.41) is 3.47. The van der Waals surface area contributed by atoms with Crippen LogP contribution in [0.5, 0.6) is 0 Å². The summed E-state index contributed by atoms with van der Waals surface area (Å²) in [5.74, 6) is 0.734. The molecule has 0 radical (unpaired) electrons. The van der Waals surface area contributed by atoms with Crippen LogP contribution in [0, 0.1) is 5.92 Å². The summed E-state index contributed by atoms with van der Waals surface area (Å²) >= 11 is 3.43. The quantitative estimate of drug-likeness (QED) is 0.889. The number of hydrogen-bond acceptors (Lipinski definition) is 3. The van der Waals surface area contributed by atoms with Gasteiger partial charge in [-0.1, -0.05) is 19.8 Å². The number of halogens is 1. The zero-order valence-corrected chi connectivity index (χ0v) is 14.2. The molecule has 3 atom stereocenters. The average molecular weight is 341 g/mol. The lowest BCUT2D eigenvalue weighted by Gasteiger charge is -2.44. The van der Waals surface area contributed by atoms with Crippen molar-refractivity contribution in [3.63, 3.8) is 0 Å². The van der Waals surface area contributed by atoms with E-state index in [1.54, 1.807) is 0 Å². The van der Waals surface area contributed by atoms with Gasteiger partial charge in [0.15, 0.2) is 0 Å². The minimum absolute atomic E-state index is 0.0544. The number of rotatable bonds is 5. The molecule has 1 heterocycles. The van der Waals surface area contributed by atoms with Gasteiger partial charge < -0.3 is 10.1 Å². The van der Waals surface area contributed by atoms with E-state index in [4.69, 9.17) is 4.74 Å². The number of ether oxygens (including phenoxy) is 1. The van der Waals surface area contributed by atoms with Crippen LogP contribution in [0.1, 0.15) is 38.3 Å². The molecular weight excluding hydrogens is 316 g/mol. The first kappa shape index (κ1) is 15.9. The van der Waals surface area contributed by atoms with Gasteiger partial charge in [-0.3, -0.25) is 4.98 Å². The lowest BCUT2D eigenvalue weighted by molar-refractivity contribution is -0.0777. The van der Waals surface area contributed by atoms with Crippen LogP contribution in [-0.4, -0.2) is 30.8 Å². The minimum Gasteiger partial charge on any atom is -0.377 e. The molecule has 0 aliphatic heterocycles. The van der Waals surface area contributed by atoms with Crippen molar-refractivity contribution in [2.45, 2.75) is 50.7 Å². The van der Waals surface area contributed by atoms with E-state index in [2.05, 4.69) is 45.3 Å². The highest BCUT2D eigenvalue weighted by atomic mass is 79.9. The van der Waals surface area contributed by atoms with Crippen molar-refractivity contribution in [1.29, 1.82) is 0 Å². The molecule has 1 aliphatic carbocycles. The van der Waals surface area contributed by atoms with Crippen LogP contribution < -0.4 is 5.32 Å². The minimum atomic E-state index is -0.0544. The fourth-order valence-corrected chi connectivity index (χ4v) is 3.71. The number of aromatic nitrogens is 1. The Hall–Kier alpha value is -0.450. The molecule has 1 aromatic rings. The zero-order valence-electron chi connectivity index (χ0n) is 12.7. The molecule has 4 heteroatoms. The van der Waals surface area contributed by atoms with Gasteiger partial charge >= 0.3 is 0 Å². The van der Waals surface area contributed by atoms with E-state index in [0.717, 1.165) is 35.3 Å². The smallest absolute Gasteiger partial charge is 0.0837 e. The van der Waals surface area contributed by atoms with E-state index >= 15 is 0 Å². The third-order valence-electron chi connectivity index (χ3n) is 4.58. The molecule has 0 spiro atoms. The highest BCUT2D eigenvalue weighted by molar-refractivity contribution is 9.10. The third kappa shape index (κ3) is 3.60. The van der Waals surface area contributed by atoms with Gasteiger partial charge in [0.2, 0.25) is 0 Å². The summed E-state index contributed by atoms with van der Waals surface area (Å²) < 4.78 is 7.02. The van der Waals surface area contributed by atoms with Crippen molar-refractivity contribution in [3.05, 3.63) is 28.5 Å². The maximum absolute atomic E-state index is 6.00. The maximum Gasteiger partial charge on any atom is 0.0837 e. The molecule has 112 valence electrons. The standard InChI is InChI=1S/C16H25BrN2O/c1-12-5-4-8-16(10-12,20-3)15(18-2)9-14-7-6-13(17)11-19-14/h6-7,11-12,15,18H,4-5,8-10H2,1-3H3. The fraction of sp³-hybridized carbons (Fsp3) is 0.688. The molecule has 0 aromatic carbocycles. The van der Waals surface area contributed by atoms with Gasteiger partial charge in [0.1, 0.15) is 0 Å². The number of methoxy groups -OCH3 is 1. The Labute approximate surface area is 130 Å². The highest BCUT2D eigenvalue weighted by Gasteiger charge is 2.41. The molecule has 1 aliphatic rings. The van der Waals surface area contributed by atoms with Crippen molar-refractivity contribution in [1.82, 2.24) is 10.3 Å². The first-order valence-corrected chi connectivity index (χ1v) is 8.22. The van der Waals surface area contributed by atoms with E-state index in [9.17, 15) is 0 Å². The molecule has 0 saturated heterocycles. The van der Waals surface area contributed by atoms with Gasteiger partial charge in [-0.05, 0) is 53.9 Å². The van der Waals surface area contributed by atoms with E-state index in [1.807, 2.05) is 20.4 Å². The van der Waals surface area contributed by atoms with E-state index < -0.39 is 0 Å². The molecule has 1 saturated carbocycles. The largest absolute Gasteiger partial charge is 0.377 e. The molecule has 20 heavy (non-hydrogen) atoms. The Bertz CT molecular complexity index is 423. The molecule has 1 fully saturated rings. The first-order chi connectivity index (χ1) is 9.59. The molecule has 2 rings (SSSR count). The predicted molar refractivity (Wildman–Crippen MR) is 85.9 cm³/mol. The summed E-state index contributed by atoms with van der Waals surface area (Å²) in [6.07, 6.45) is 7.61. The molecule has 1 N–H and O–H groups in total. The number of likely N-dealkylation sites (N-methyl/N-ethyl adjacent to an activating group) is 1. The second-order valence-electron chi connectivity index (χ2n) is 5.98. The first-order valence-electron chi connectivity index (χ1n) is 7.42. The predicted octanol–water partition coefficient (Wildman–Crippen LogP) is 3.57. The molecular formula is C16H25BrN2O. The summed E-state index contributed by atoms with van der Waals surface area (Å²) in [6, 6.07) is 4.45. The van der Waals surface area contributed by atoms with Crippen LogP contribution in [0.2, 0.25) is 0 Å². The number of nitrogens with zero attached hydrogens (tertiary/aromatic N) is 1. The van der Waals surface area contributed by atoms with E-state index in [-0.39, 0.29) is 5.60 Å². The van der Waals surface area contributed by atoms with Crippen LogP contribution in [0.3, 0.4) is 0 Å². The number of hydrogen-bond donors (Lipinski definition) is 1. The van der Waals surface area contributed by atoms with Gasteiger partial charge in [-0.15, -0.1) is 0 Å². The lowest BCUT2D eigenvalue weighted by atomic mass is 9.73. The van der Waals surface area contributed by atoms with Crippen LogP contribution in [-0.2, 0) is 11.2 Å². The lowest BCUT2D eigenvalue weighted by Crippen LogP contribution is -2.54. The Balaban J connectivity index is 2.14. The van der Waals surface area contributed by atoms with Gasteiger partial charge in [0.05, 0.1) is 5.60 Å². The number of pyridine rings is 1. The van der Waals surface area contributed by atoms with Crippen molar-refractivity contribution in [2.75, 3.05) is 14.2 Å². The summed E-state index contributed by atoms with van der Waals surface area (Å²) in [5.41, 5.74) is 1.06. The van der Waals surface area contributed by atoms with Gasteiger partial charge in [-0.2, -0.15) is 0 Å². The topological polar surface area (TPSA) is 34.2 Å². The van der Waals surface area contributed by atoms with Crippen LogP contribution >= 0.6 is 15.9 Å². The van der Waals surface area contributed by atoms with Gasteiger partial charge in [0, 0.05) is 35.9 Å². The van der Waals surface area contributed by atoms with Crippen molar-refractivity contribution in [2.24, 2.45) is 5.92 Å². The Kier molecular flexibility index (Phi) is 5.58. The average Bonchev–Trinajstić information content (AvgIpc) is 2.46. The molecule has 1 aromatic heterocycles. The molecule has 0 bridgehead atoms. The number of nitrogens with one attached hydrogen (secondary N) is 1. The van der Waals surface area contributed by atoms with Crippen LogP contribution in [0.4, 0.5) is 0 Å². The maximum atomic E-state index is 6.00. The normalized spacial score (nSPS) is 28.3. The monoisotopic (exact) mass is 340 g/mol. The Morgan fingerprint density at radius 1 is 1.55 bits per heavy atom. The Morgan fingerprint density at radius 3 is 2.90 bits per heavy atom. The Morgan fingerprint density at radius 2 is 2.35 bits per heavy atom. The second-order valence-corrected chi connectivity index (χ2v) is 6.90. The zero-order chi connectivity index (χ0) is 14.6. The summed E-state index contributed by atoms with van der Waals surface area (Å²) in [7, 11) is 3.89. The van der Waals surface area contributed by atoms with Gasteiger partial charge in [-0.25, -0.2) is 0 Å². The van der Waals surface area contributed by atoms with Crippen molar-refractivity contribution in [3.8, 4) is 0 Å².